The quantitative estimate of drug-likeness (QED) is 0.834. The summed E-state index contributed by atoms with van der Waals surface area (Å²) in [4.78, 5) is 30.5. The van der Waals surface area contributed by atoms with Crippen LogP contribution in [0.5, 0.6) is 0 Å². The molecule has 0 unspecified atom stereocenters. The average Bonchev–Trinajstić information content (AvgIpc) is 3.02. The zero-order valence-electron chi connectivity index (χ0n) is 14.4. The highest BCUT2D eigenvalue weighted by Crippen LogP contribution is 2.23. The van der Waals surface area contributed by atoms with E-state index in [1.54, 1.807) is 21.9 Å². The molecule has 5 nitrogen and oxygen atoms in total. The Bertz CT molecular complexity index is 837. The number of halogens is 1. The van der Waals surface area contributed by atoms with Crippen molar-refractivity contribution in [3.05, 3.63) is 64.7 Å². The van der Waals surface area contributed by atoms with E-state index in [1.165, 1.54) is 11.1 Å². The molecule has 1 saturated heterocycles. The molecule has 0 N–H and O–H groups in total. The number of fused-ring (bicyclic) bond motifs is 1. The number of benzene rings is 2. The highest BCUT2D eigenvalue weighted by molar-refractivity contribution is 6.30. The number of amides is 3. The average molecular weight is 370 g/mol. The number of hydrogen-bond donors (Lipinski definition) is 0. The lowest BCUT2D eigenvalue weighted by atomic mass is 10.00. The number of carbonyl (C=O) groups excluding carboxylic acids is 2. The third kappa shape index (κ3) is 3.27. The van der Waals surface area contributed by atoms with Crippen LogP contribution >= 0.6 is 11.6 Å². The summed E-state index contributed by atoms with van der Waals surface area (Å²) in [6.45, 7) is 2.59. The van der Waals surface area contributed by atoms with Gasteiger partial charge >= 0.3 is 6.03 Å². The Kier molecular flexibility index (Phi) is 4.55. The van der Waals surface area contributed by atoms with E-state index in [2.05, 4.69) is 12.1 Å². The van der Waals surface area contributed by atoms with Gasteiger partial charge in [0.2, 0.25) is 5.91 Å². The first-order valence-corrected chi connectivity index (χ1v) is 9.16. The van der Waals surface area contributed by atoms with E-state index < -0.39 is 0 Å². The Hall–Kier alpha value is -2.53. The lowest BCUT2D eigenvalue weighted by Gasteiger charge is -2.30. The van der Waals surface area contributed by atoms with E-state index in [0.29, 0.717) is 31.2 Å². The third-order valence-corrected chi connectivity index (χ3v) is 5.29. The zero-order valence-corrected chi connectivity index (χ0v) is 15.2. The molecule has 2 heterocycles. The van der Waals surface area contributed by atoms with Crippen molar-refractivity contribution in [1.29, 1.82) is 0 Å². The lowest BCUT2D eigenvalue weighted by molar-refractivity contribution is -0.132. The maximum atomic E-state index is 12.7. The van der Waals surface area contributed by atoms with Crippen molar-refractivity contribution >= 4 is 29.2 Å². The summed E-state index contributed by atoms with van der Waals surface area (Å²) in [6.07, 6.45) is 0.868. The van der Waals surface area contributed by atoms with Crippen molar-refractivity contribution in [1.82, 2.24) is 9.80 Å². The Morgan fingerprint density at radius 1 is 0.962 bits per heavy atom. The maximum Gasteiger partial charge on any atom is 0.325 e. The minimum Gasteiger partial charge on any atom is -0.336 e. The zero-order chi connectivity index (χ0) is 18.1. The highest BCUT2D eigenvalue weighted by Gasteiger charge is 2.32. The van der Waals surface area contributed by atoms with Gasteiger partial charge in [-0.25, -0.2) is 4.79 Å². The second kappa shape index (κ2) is 7.00. The van der Waals surface area contributed by atoms with Crippen LogP contribution in [0.15, 0.2) is 48.5 Å². The molecule has 2 aliphatic heterocycles. The predicted octanol–water partition coefficient (Wildman–Crippen LogP) is 3.17. The first kappa shape index (κ1) is 16.9. The summed E-state index contributed by atoms with van der Waals surface area (Å²) >= 11 is 5.91. The van der Waals surface area contributed by atoms with Crippen LogP contribution in [0.25, 0.3) is 0 Å². The van der Waals surface area contributed by atoms with Crippen LogP contribution in [0.2, 0.25) is 5.02 Å². The molecule has 6 heteroatoms. The Labute approximate surface area is 157 Å². The van der Waals surface area contributed by atoms with Crippen LogP contribution in [-0.4, -0.2) is 47.9 Å². The monoisotopic (exact) mass is 369 g/mol. The normalized spacial score (nSPS) is 16.8. The fraction of sp³-hybridized carbons (Fsp3) is 0.300. The van der Waals surface area contributed by atoms with E-state index in [4.69, 9.17) is 11.6 Å². The van der Waals surface area contributed by atoms with Crippen LogP contribution in [-0.2, 0) is 17.8 Å². The summed E-state index contributed by atoms with van der Waals surface area (Å²) in [5, 5.41) is 0.637. The van der Waals surface area contributed by atoms with E-state index >= 15 is 0 Å². The molecule has 1 fully saturated rings. The molecule has 2 aliphatic rings. The van der Waals surface area contributed by atoms with Crippen LogP contribution in [0.1, 0.15) is 11.1 Å². The minimum atomic E-state index is -0.127. The molecule has 26 heavy (non-hydrogen) atoms. The molecule has 4 rings (SSSR count). The van der Waals surface area contributed by atoms with E-state index in [0.717, 1.165) is 12.1 Å². The van der Waals surface area contributed by atoms with E-state index in [1.807, 2.05) is 29.2 Å². The summed E-state index contributed by atoms with van der Waals surface area (Å²) in [5.74, 6) is 0.00538. The third-order valence-electron chi connectivity index (χ3n) is 5.04. The standard InChI is InChI=1S/C20H20ClN3O2/c21-17-5-7-18(8-6-17)24-12-11-23(20(24)26)14-19(25)22-10-9-15-3-1-2-4-16(15)13-22/h1-8H,9-14H2. The van der Waals surface area contributed by atoms with Crippen molar-refractivity contribution in [2.45, 2.75) is 13.0 Å². The lowest BCUT2D eigenvalue weighted by Crippen LogP contribution is -2.44. The molecule has 0 atom stereocenters. The molecular weight excluding hydrogens is 350 g/mol. The summed E-state index contributed by atoms with van der Waals surface area (Å²) < 4.78 is 0. The number of anilines is 1. The number of nitrogens with zero attached hydrogens (tertiary/aromatic N) is 3. The van der Waals surface area contributed by atoms with Crippen LogP contribution in [0.4, 0.5) is 10.5 Å². The van der Waals surface area contributed by atoms with Gasteiger partial charge in [0.25, 0.3) is 0 Å². The van der Waals surface area contributed by atoms with Crippen molar-refractivity contribution in [2.24, 2.45) is 0 Å². The topological polar surface area (TPSA) is 43.9 Å². The smallest absolute Gasteiger partial charge is 0.325 e. The SMILES string of the molecule is O=C(CN1CCN(c2ccc(Cl)cc2)C1=O)N1CCc2ccccc2C1. The van der Waals surface area contributed by atoms with Gasteiger partial charge in [0.05, 0.1) is 0 Å². The second-order valence-corrected chi connectivity index (χ2v) is 7.10. The van der Waals surface area contributed by atoms with Gasteiger partial charge in [-0.3, -0.25) is 9.69 Å². The number of hydrogen-bond acceptors (Lipinski definition) is 2. The molecule has 0 radical (unpaired) electrons. The summed E-state index contributed by atoms with van der Waals surface area (Å²) in [5.41, 5.74) is 3.31. The van der Waals surface area contributed by atoms with Crippen LogP contribution < -0.4 is 4.90 Å². The summed E-state index contributed by atoms with van der Waals surface area (Å²) in [7, 11) is 0. The number of urea groups is 1. The van der Waals surface area contributed by atoms with Gasteiger partial charge in [0.15, 0.2) is 0 Å². The largest absolute Gasteiger partial charge is 0.336 e. The van der Waals surface area contributed by atoms with Crippen LogP contribution in [0.3, 0.4) is 0 Å². The van der Waals surface area contributed by atoms with Crippen molar-refractivity contribution in [2.75, 3.05) is 31.1 Å². The molecule has 2 aromatic carbocycles. The Balaban J connectivity index is 1.39. The summed E-state index contributed by atoms with van der Waals surface area (Å²) in [6, 6.07) is 15.3. The second-order valence-electron chi connectivity index (χ2n) is 6.67. The van der Waals surface area contributed by atoms with Crippen molar-refractivity contribution in [3.8, 4) is 0 Å². The van der Waals surface area contributed by atoms with Crippen LogP contribution in [0, 0.1) is 0 Å². The predicted molar refractivity (Wildman–Crippen MR) is 101 cm³/mol. The molecule has 0 aromatic heterocycles. The molecule has 0 aliphatic carbocycles. The van der Waals surface area contributed by atoms with E-state index in [-0.39, 0.29) is 18.5 Å². The van der Waals surface area contributed by atoms with Gasteiger partial charge in [0.1, 0.15) is 6.54 Å². The Morgan fingerprint density at radius 2 is 1.69 bits per heavy atom. The number of carbonyl (C=O) groups is 2. The minimum absolute atomic E-state index is 0.00538. The van der Waals surface area contributed by atoms with E-state index in [9.17, 15) is 9.59 Å². The molecule has 0 spiro atoms. The van der Waals surface area contributed by atoms with Crippen molar-refractivity contribution < 1.29 is 9.59 Å². The molecule has 3 amide bonds. The van der Waals surface area contributed by atoms with Gasteiger partial charge in [-0.05, 0) is 41.8 Å². The van der Waals surface area contributed by atoms with Gasteiger partial charge < -0.3 is 9.80 Å². The molecular formula is C20H20ClN3O2. The first-order chi connectivity index (χ1) is 12.6. The maximum absolute atomic E-state index is 12.7. The van der Waals surface area contributed by atoms with Gasteiger partial charge in [-0.1, -0.05) is 35.9 Å². The fourth-order valence-corrected chi connectivity index (χ4v) is 3.69. The fourth-order valence-electron chi connectivity index (χ4n) is 3.56. The first-order valence-electron chi connectivity index (χ1n) is 8.78. The van der Waals surface area contributed by atoms with Gasteiger partial charge in [0, 0.05) is 36.9 Å². The molecule has 0 bridgehead atoms. The Morgan fingerprint density at radius 3 is 2.46 bits per heavy atom. The molecule has 134 valence electrons. The molecule has 0 saturated carbocycles. The highest BCUT2D eigenvalue weighted by atomic mass is 35.5. The number of rotatable bonds is 3. The van der Waals surface area contributed by atoms with Gasteiger partial charge in [-0.2, -0.15) is 0 Å². The molecule has 2 aromatic rings. The van der Waals surface area contributed by atoms with Gasteiger partial charge in [-0.15, -0.1) is 0 Å². The van der Waals surface area contributed by atoms with Crippen molar-refractivity contribution in [3.63, 3.8) is 0 Å².